The van der Waals surface area contributed by atoms with Crippen LogP contribution in [0.3, 0.4) is 0 Å². The molecule has 0 spiro atoms. The number of halogens is 1. The Kier molecular flexibility index (Phi) is 2.70. The van der Waals surface area contributed by atoms with Crippen molar-refractivity contribution < 1.29 is 14.6 Å². The number of benzene rings is 1. The van der Waals surface area contributed by atoms with E-state index in [0.717, 1.165) is 0 Å². The molecule has 2 rings (SSSR count). The average molecular weight is 241 g/mol. The predicted octanol–water partition coefficient (Wildman–Crippen LogP) is 2.01. The van der Waals surface area contributed by atoms with Gasteiger partial charge < -0.3 is 14.8 Å². The van der Waals surface area contributed by atoms with Crippen LogP contribution in [0.5, 0.6) is 5.75 Å². The minimum absolute atomic E-state index is 0.147. The first-order valence-corrected chi connectivity index (χ1v) is 5.05. The van der Waals surface area contributed by atoms with Crippen LogP contribution in [-0.4, -0.2) is 28.2 Å². The molecule has 84 valence electrons. The molecule has 2 aromatic rings. The Labute approximate surface area is 96.0 Å². The molecule has 1 aromatic heterocycles. The maximum atomic E-state index is 10.9. The number of fused-ring (bicyclic) bond motifs is 1. The van der Waals surface area contributed by atoms with Crippen LogP contribution in [0, 0.1) is 0 Å². The molecule has 0 aliphatic heterocycles. The lowest BCUT2D eigenvalue weighted by Crippen LogP contribution is -1.97. The lowest BCUT2D eigenvalue weighted by atomic mass is 10.2. The Balaban J connectivity index is 2.70. The molecule has 0 amide bonds. The number of hydrogen-bond acceptors (Lipinski definition) is 3. The molecule has 0 fully saturated rings. The Morgan fingerprint density at radius 1 is 1.62 bits per heavy atom. The number of carboxylic acid groups (broad SMARTS) is 1. The van der Waals surface area contributed by atoms with Crippen LogP contribution in [-0.2, 0) is 5.88 Å². The van der Waals surface area contributed by atoms with E-state index in [1.54, 1.807) is 0 Å². The number of ether oxygens (including phenoxy) is 1. The Hall–Kier alpha value is -1.75. The van der Waals surface area contributed by atoms with Gasteiger partial charge in [-0.05, 0) is 12.1 Å². The highest BCUT2D eigenvalue weighted by Crippen LogP contribution is 2.26. The first-order chi connectivity index (χ1) is 7.65. The molecule has 6 heteroatoms. The molecule has 16 heavy (non-hydrogen) atoms. The molecule has 0 saturated heterocycles. The summed E-state index contributed by atoms with van der Waals surface area (Å²) < 4.78 is 5.09. The number of alkyl halides is 1. The number of nitrogens with one attached hydrogen (secondary N) is 1. The zero-order chi connectivity index (χ0) is 11.7. The second-order valence-electron chi connectivity index (χ2n) is 3.20. The Morgan fingerprint density at radius 3 is 2.94 bits per heavy atom. The fraction of sp³-hybridized carbons (Fsp3) is 0.200. The second-order valence-corrected chi connectivity index (χ2v) is 3.46. The molecule has 1 aromatic carbocycles. The van der Waals surface area contributed by atoms with Crippen molar-refractivity contribution in [1.29, 1.82) is 0 Å². The van der Waals surface area contributed by atoms with Gasteiger partial charge in [0.15, 0.2) is 0 Å². The number of nitrogens with zero attached hydrogens (tertiary/aromatic N) is 1. The zero-order valence-electron chi connectivity index (χ0n) is 8.45. The molecular formula is C10H9ClN2O3. The van der Waals surface area contributed by atoms with Crippen molar-refractivity contribution in [3.05, 3.63) is 23.5 Å². The van der Waals surface area contributed by atoms with E-state index in [-0.39, 0.29) is 11.4 Å². The number of imidazole rings is 1. The maximum absolute atomic E-state index is 10.9. The predicted molar refractivity (Wildman–Crippen MR) is 59.2 cm³/mol. The number of aromatic nitrogens is 2. The summed E-state index contributed by atoms with van der Waals surface area (Å²) in [5.41, 5.74) is 1.34. The number of carbonyl (C=O) groups is 1. The van der Waals surface area contributed by atoms with Gasteiger partial charge in [0, 0.05) is 0 Å². The lowest BCUT2D eigenvalue weighted by Gasteiger charge is -2.01. The molecule has 2 N–H and O–H groups in total. The summed E-state index contributed by atoms with van der Waals surface area (Å²) in [5, 5.41) is 8.91. The van der Waals surface area contributed by atoms with Crippen LogP contribution in [0.1, 0.15) is 16.2 Å². The summed E-state index contributed by atoms with van der Waals surface area (Å²) in [4.78, 5) is 18.0. The largest absolute Gasteiger partial charge is 0.494 e. The van der Waals surface area contributed by atoms with E-state index in [2.05, 4.69) is 9.97 Å². The van der Waals surface area contributed by atoms with Gasteiger partial charge in [0.25, 0.3) is 0 Å². The van der Waals surface area contributed by atoms with E-state index in [0.29, 0.717) is 22.6 Å². The van der Waals surface area contributed by atoms with Gasteiger partial charge >= 0.3 is 5.97 Å². The minimum atomic E-state index is -1.01. The third-order valence-electron chi connectivity index (χ3n) is 2.19. The third-order valence-corrected chi connectivity index (χ3v) is 2.45. The zero-order valence-corrected chi connectivity index (χ0v) is 9.21. The highest BCUT2D eigenvalue weighted by Gasteiger charge is 2.13. The van der Waals surface area contributed by atoms with Gasteiger partial charge in [-0.25, -0.2) is 9.78 Å². The van der Waals surface area contributed by atoms with Crippen molar-refractivity contribution in [2.24, 2.45) is 0 Å². The molecule has 0 saturated carbocycles. The highest BCUT2D eigenvalue weighted by molar-refractivity contribution is 6.16. The third kappa shape index (κ3) is 1.69. The highest BCUT2D eigenvalue weighted by atomic mass is 35.5. The van der Waals surface area contributed by atoms with Crippen LogP contribution in [0.4, 0.5) is 0 Å². The van der Waals surface area contributed by atoms with Crippen molar-refractivity contribution in [3.8, 4) is 5.75 Å². The fourth-order valence-corrected chi connectivity index (χ4v) is 1.61. The smallest absolute Gasteiger partial charge is 0.335 e. The van der Waals surface area contributed by atoms with Crippen LogP contribution in [0.15, 0.2) is 12.1 Å². The molecule has 0 unspecified atom stereocenters. The standard InChI is InChI=1S/C10H9ClN2O3/c1-16-7-3-5(10(14)15)2-6-9(7)13-8(4-11)12-6/h2-3H,4H2,1H3,(H,12,13)(H,14,15). The first kappa shape index (κ1) is 10.8. The number of H-pyrrole nitrogens is 1. The summed E-state index contributed by atoms with van der Waals surface area (Å²) in [7, 11) is 1.47. The van der Waals surface area contributed by atoms with Crippen LogP contribution in [0.25, 0.3) is 11.0 Å². The van der Waals surface area contributed by atoms with Crippen molar-refractivity contribution >= 4 is 28.6 Å². The minimum Gasteiger partial charge on any atom is -0.494 e. The van der Waals surface area contributed by atoms with Gasteiger partial charge in [0.05, 0.1) is 24.1 Å². The number of methoxy groups -OCH3 is 1. The summed E-state index contributed by atoms with van der Waals surface area (Å²) in [6.07, 6.45) is 0. The maximum Gasteiger partial charge on any atom is 0.335 e. The summed E-state index contributed by atoms with van der Waals surface area (Å²) in [6, 6.07) is 2.94. The van der Waals surface area contributed by atoms with Gasteiger partial charge in [-0.15, -0.1) is 11.6 Å². The quantitative estimate of drug-likeness (QED) is 0.805. The molecule has 0 atom stereocenters. The van der Waals surface area contributed by atoms with Crippen molar-refractivity contribution in [2.45, 2.75) is 5.88 Å². The normalized spacial score (nSPS) is 10.6. The Bertz CT molecular complexity index is 550. The molecule has 0 aliphatic rings. The molecular weight excluding hydrogens is 232 g/mol. The van der Waals surface area contributed by atoms with Crippen LogP contribution in [0.2, 0.25) is 0 Å². The van der Waals surface area contributed by atoms with Gasteiger partial charge in [-0.2, -0.15) is 0 Å². The second kappa shape index (κ2) is 4.02. The molecule has 0 bridgehead atoms. The van der Waals surface area contributed by atoms with Gasteiger partial charge in [-0.3, -0.25) is 0 Å². The van der Waals surface area contributed by atoms with E-state index in [9.17, 15) is 4.79 Å². The number of carboxylic acids is 1. The van der Waals surface area contributed by atoms with Crippen molar-refractivity contribution in [3.63, 3.8) is 0 Å². The van der Waals surface area contributed by atoms with Gasteiger partial charge in [-0.1, -0.05) is 0 Å². The average Bonchev–Trinajstić information content (AvgIpc) is 2.70. The number of rotatable bonds is 3. The molecule has 0 radical (unpaired) electrons. The van der Waals surface area contributed by atoms with E-state index in [4.69, 9.17) is 21.4 Å². The lowest BCUT2D eigenvalue weighted by molar-refractivity contribution is 0.0696. The summed E-state index contributed by atoms with van der Waals surface area (Å²) in [6.45, 7) is 0. The number of aromatic carboxylic acids is 1. The number of hydrogen-bond donors (Lipinski definition) is 2. The van der Waals surface area contributed by atoms with Crippen LogP contribution < -0.4 is 4.74 Å². The van der Waals surface area contributed by atoms with E-state index < -0.39 is 5.97 Å². The van der Waals surface area contributed by atoms with E-state index >= 15 is 0 Å². The number of aromatic amines is 1. The monoisotopic (exact) mass is 240 g/mol. The van der Waals surface area contributed by atoms with Crippen LogP contribution >= 0.6 is 11.6 Å². The fourth-order valence-electron chi connectivity index (χ4n) is 1.48. The van der Waals surface area contributed by atoms with Crippen molar-refractivity contribution in [2.75, 3.05) is 7.11 Å². The summed E-state index contributed by atoms with van der Waals surface area (Å²) >= 11 is 5.65. The summed E-state index contributed by atoms with van der Waals surface area (Å²) in [5.74, 6) is 0.225. The van der Waals surface area contributed by atoms with Gasteiger partial charge in [0.1, 0.15) is 17.1 Å². The molecule has 5 nitrogen and oxygen atoms in total. The Morgan fingerprint density at radius 2 is 2.38 bits per heavy atom. The van der Waals surface area contributed by atoms with Gasteiger partial charge in [0.2, 0.25) is 0 Å². The van der Waals surface area contributed by atoms with E-state index in [1.165, 1.54) is 19.2 Å². The van der Waals surface area contributed by atoms with Crippen molar-refractivity contribution in [1.82, 2.24) is 9.97 Å². The topological polar surface area (TPSA) is 75.2 Å². The molecule has 1 heterocycles. The van der Waals surface area contributed by atoms with E-state index in [1.807, 2.05) is 0 Å². The first-order valence-electron chi connectivity index (χ1n) is 4.51. The SMILES string of the molecule is COc1cc(C(=O)O)cc2[nH]c(CCl)nc12. The molecule has 0 aliphatic carbocycles.